The molecule has 0 spiro atoms. The van der Waals surface area contributed by atoms with Crippen molar-refractivity contribution in [1.29, 1.82) is 0 Å². The van der Waals surface area contributed by atoms with Gasteiger partial charge in [-0.3, -0.25) is 4.79 Å². The number of nitrogens with zero attached hydrogens (tertiary/aromatic N) is 2. The van der Waals surface area contributed by atoms with E-state index in [1.165, 1.54) is 11.2 Å². The molecule has 2 aliphatic heterocycles. The van der Waals surface area contributed by atoms with Crippen LogP contribution in [0.2, 0.25) is 0 Å². The highest BCUT2D eigenvalue weighted by Gasteiger charge is 2.36. The summed E-state index contributed by atoms with van der Waals surface area (Å²) in [6.45, 7) is 2.87. The fourth-order valence-electron chi connectivity index (χ4n) is 2.85. The maximum atomic E-state index is 12.5. The molecule has 1 N–H and O–H groups in total. The number of amides is 1. The van der Waals surface area contributed by atoms with Gasteiger partial charge in [0.2, 0.25) is 15.9 Å². The van der Waals surface area contributed by atoms with Crippen LogP contribution in [0.15, 0.2) is 23.1 Å². The zero-order valence-electron chi connectivity index (χ0n) is 11.8. The predicted octanol–water partition coefficient (Wildman–Crippen LogP) is 0.208. The highest BCUT2D eigenvalue weighted by Crippen LogP contribution is 2.32. The molecule has 2 heterocycles. The highest BCUT2D eigenvalue weighted by molar-refractivity contribution is 7.89. The molecule has 6 nitrogen and oxygen atoms in total. The van der Waals surface area contributed by atoms with E-state index in [4.69, 9.17) is 5.11 Å². The van der Waals surface area contributed by atoms with Gasteiger partial charge in [-0.1, -0.05) is 0 Å². The minimum Gasteiger partial charge on any atom is -0.396 e. The van der Waals surface area contributed by atoms with Crippen LogP contribution in [0.3, 0.4) is 0 Å². The van der Waals surface area contributed by atoms with E-state index in [1.54, 1.807) is 23.1 Å². The average molecular weight is 310 g/mol. The van der Waals surface area contributed by atoms with Gasteiger partial charge in [-0.25, -0.2) is 8.42 Å². The van der Waals surface area contributed by atoms with Crippen molar-refractivity contribution in [2.75, 3.05) is 31.1 Å². The second-order valence-corrected chi connectivity index (χ2v) is 7.52. The lowest BCUT2D eigenvalue weighted by molar-refractivity contribution is -0.116. The molecule has 1 aromatic carbocycles. The Morgan fingerprint density at radius 1 is 1.38 bits per heavy atom. The molecule has 1 saturated heterocycles. The third kappa shape index (κ3) is 2.35. The van der Waals surface area contributed by atoms with E-state index in [1.807, 2.05) is 0 Å². The SMILES string of the molecule is CC(=O)N1CCc2cc(S(=O)(=O)N3CC(CO)C3)ccc21. The van der Waals surface area contributed by atoms with Gasteiger partial charge in [0.1, 0.15) is 0 Å². The molecule has 0 aliphatic carbocycles. The zero-order valence-corrected chi connectivity index (χ0v) is 12.6. The maximum Gasteiger partial charge on any atom is 0.243 e. The average Bonchev–Trinajstić information content (AvgIpc) is 2.80. The monoisotopic (exact) mass is 310 g/mol. The summed E-state index contributed by atoms with van der Waals surface area (Å²) < 4.78 is 26.3. The first-order valence-corrected chi connectivity index (χ1v) is 8.39. The van der Waals surface area contributed by atoms with Crippen molar-refractivity contribution in [3.8, 4) is 0 Å². The summed E-state index contributed by atoms with van der Waals surface area (Å²) in [5, 5.41) is 8.99. The Bertz CT molecular complexity index is 680. The van der Waals surface area contributed by atoms with Crippen molar-refractivity contribution in [3.05, 3.63) is 23.8 Å². The molecule has 1 aromatic rings. The number of hydrogen-bond acceptors (Lipinski definition) is 4. The Hall–Kier alpha value is -1.44. The molecule has 0 radical (unpaired) electrons. The number of benzene rings is 1. The van der Waals surface area contributed by atoms with Gasteiger partial charge in [-0.15, -0.1) is 0 Å². The molecule has 21 heavy (non-hydrogen) atoms. The summed E-state index contributed by atoms with van der Waals surface area (Å²) >= 11 is 0. The molecular formula is C14H18N2O4S. The van der Waals surface area contributed by atoms with Crippen LogP contribution in [0.25, 0.3) is 0 Å². The first kappa shape index (κ1) is 14.5. The normalized spacial score (nSPS) is 19.4. The number of aliphatic hydroxyl groups is 1. The summed E-state index contributed by atoms with van der Waals surface area (Å²) in [7, 11) is -3.49. The number of carbonyl (C=O) groups is 1. The van der Waals surface area contributed by atoms with E-state index in [2.05, 4.69) is 0 Å². The largest absolute Gasteiger partial charge is 0.396 e. The van der Waals surface area contributed by atoms with Crippen molar-refractivity contribution < 1.29 is 18.3 Å². The lowest BCUT2D eigenvalue weighted by Gasteiger charge is -2.37. The number of fused-ring (bicyclic) bond motifs is 1. The fraction of sp³-hybridized carbons (Fsp3) is 0.500. The molecule has 1 fully saturated rings. The predicted molar refractivity (Wildman–Crippen MR) is 77.5 cm³/mol. The van der Waals surface area contributed by atoms with Crippen LogP contribution in [0, 0.1) is 5.92 Å². The molecule has 1 amide bonds. The molecule has 3 rings (SSSR count). The van der Waals surface area contributed by atoms with Gasteiger partial charge >= 0.3 is 0 Å². The van der Waals surface area contributed by atoms with E-state index in [-0.39, 0.29) is 23.3 Å². The van der Waals surface area contributed by atoms with Crippen LogP contribution in [0.1, 0.15) is 12.5 Å². The quantitative estimate of drug-likeness (QED) is 0.865. The Balaban J connectivity index is 1.87. The van der Waals surface area contributed by atoms with E-state index in [9.17, 15) is 13.2 Å². The second kappa shape index (κ2) is 5.08. The van der Waals surface area contributed by atoms with Gasteiger partial charge in [-0.2, -0.15) is 4.31 Å². The third-order valence-corrected chi connectivity index (χ3v) is 5.97. The van der Waals surface area contributed by atoms with Gasteiger partial charge in [-0.05, 0) is 30.2 Å². The Kier molecular flexibility index (Phi) is 3.51. The molecule has 0 aromatic heterocycles. The molecule has 2 aliphatic rings. The number of hydrogen-bond donors (Lipinski definition) is 1. The number of rotatable bonds is 3. The summed E-state index contributed by atoms with van der Waals surface area (Å²) in [4.78, 5) is 13.4. The fourth-order valence-corrected chi connectivity index (χ4v) is 4.49. The molecule has 0 saturated carbocycles. The van der Waals surface area contributed by atoms with Crippen LogP contribution >= 0.6 is 0 Å². The lowest BCUT2D eigenvalue weighted by Crippen LogP contribution is -2.51. The van der Waals surface area contributed by atoms with Crippen LogP contribution in [-0.2, 0) is 21.2 Å². The van der Waals surface area contributed by atoms with Gasteiger partial charge in [0.25, 0.3) is 0 Å². The minimum absolute atomic E-state index is 0.0176. The van der Waals surface area contributed by atoms with E-state index in [0.717, 1.165) is 11.3 Å². The van der Waals surface area contributed by atoms with Crippen molar-refractivity contribution in [3.63, 3.8) is 0 Å². The van der Waals surface area contributed by atoms with Crippen molar-refractivity contribution in [2.24, 2.45) is 5.92 Å². The van der Waals surface area contributed by atoms with Crippen LogP contribution in [-0.4, -0.2) is 50.0 Å². The Morgan fingerprint density at radius 2 is 2.10 bits per heavy atom. The zero-order chi connectivity index (χ0) is 15.2. The Labute approximate surface area is 124 Å². The lowest BCUT2D eigenvalue weighted by atomic mass is 10.1. The highest BCUT2D eigenvalue weighted by atomic mass is 32.2. The smallest absolute Gasteiger partial charge is 0.243 e. The van der Waals surface area contributed by atoms with Gasteiger partial charge in [0, 0.05) is 44.8 Å². The molecule has 7 heteroatoms. The summed E-state index contributed by atoms with van der Waals surface area (Å²) in [5.41, 5.74) is 1.70. The van der Waals surface area contributed by atoms with Crippen LogP contribution < -0.4 is 4.90 Å². The van der Waals surface area contributed by atoms with E-state index < -0.39 is 10.0 Å². The molecule has 114 valence electrons. The van der Waals surface area contributed by atoms with Crippen molar-refractivity contribution >= 4 is 21.6 Å². The summed E-state index contributed by atoms with van der Waals surface area (Å²) in [6.07, 6.45) is 0.678. The molecule has 0 unspecified atom stereocenters. The number of aliphatic hydroxyl groups excluding tert-OH is 1. The third-order valence-electron chi connectivity index (χ3n) is 4.15. The Morgan fingerprint density at radius 3 is 2.71 bits per heavy atom. The van der Waals surface area contributed by atoms with Gasteiger partial charge < -0.3 is 10.0 Å². The number of sulfonamides is 1. The van der Waals surface area contributed by atoms with Crippen LogP contribution in [0.4, 0.5) is 5.69 Å². The summed E-state index contributed by atoms with van der Waals surface area (Å²) in [5.74, 6) is 0.0142. The van der Waals surface area contributed by atoms with Crippen molar-refractivity contribution in [1.82, 2.24) is 4.31 Å². The molecular weight excluding hydrogens is 292 g/mol. The van der Waals surface area contributed by atoms with Crippen LogP contribution in [0.5, 0.6) is 0 Å². The van der Waals surface area contributed by atoms with E-state index >= 15 is 0 Å². The molecule has 0 atom stereocenters. The molecule has 0 bridgehead atoms. The first-order chi connectivity index (χ1) is 9.93. The standard InChI is InChI=1S/C14H18N2O4S/c1-10(18)16-5-4-12-6-13(2-3-14(12)16)21(19,20)15-7-11(8-15)9-17/h2-3,6,11,17H,4-5,7-9H2,1H3. The minimum atomic E-state index is -3.49. The summed E-state index contributed by atoms with van der Waals surface area (Å²) in [6, 6.07) is 4.93. The van der Waals surface area contributed by atoms with Gasteiger partial charge in [0.05, 0.1) is 4.90 Å². The van der Waals surface area contributed by atoms with Crippen molar-refractivity contribution in [2.45, 2.75) is 18.2 Å². The number of carbonyl (C=O) groups excluding carboxylic acids is 1. The first-order valence-electron chi connectivity index (χ1n) is 6.95. The van der Waals surface area contributed by atoms with Gasteiger partial charge in [0.15, 0.2) is 0 Å². The number of anilines is 1. The van der Waals surface area contributed by atoms with E-state index in [0.29, 0.717) is 26.1 Å². The second-order valence-electron chi connectivity index (χ2n) is 5.58. The topological polar surface area (TPSA) is 77.9 Å². The maximum absolute atomic E-state index is 12.5.